The van der Waals surface area contributed by atoms with E-state index >= 15 is 0 Å². The Labute approximate surface area is 132 Å². The van der Waals surface area contributed by atoms with Crippen molar-refractivity contribution in [2.45, 2.75) is 39.2 Å². The second-order valence-corrected chi connectivity index (χ2v) is 5.42. The van der Waals surface area contributed by atoms with E-state index in [1.807, 2.05) is 19.1 Å². The van der Waals surface area contributed by atoms with Gasteiger partial charge in [-0.3, -0.25) is 0 Å². The van der Waals surface area contributed by atoms with Gasteiger partial charge < -0.3 is 15.3 Å². The van der Waals surface area contributed by atoms with Gasteiger partial charge >= 0.3 is 0 Å². The summed E-state index contributed by atoms with van der Waals surface area (Å²) in [5, 5.41) is 28.6. The molecule has 0 spiro atoms. The number of aliphatic hydroxyl groups excluding tert-OH is 2. The fourth-order valence-electron chi connectivity index (χ4n) is 2.33. The molecule has 1 aromatic rings. The van der Waals surface area contributed by atoms with E-state index < -0.39 is 6.10 Å². The maximum Gasteiger partial charge on any atom is 0.115 e. The Morgan fingerprint density at radius 1 is 1.27 bits per heavy atom. The molecule has 0 bridgehead atoms. The second kappa shape index (κ2) is 9.23. The van der Waals surface area contributed by atoms with Crippen molar-refractivity contribution in [1.82, 2.24) is 0 Å². The summed E-state index contributed by atoms with van der Waals surface area (Å²) in [6, 6.07) is 7.06. The molecule has 1 rings (SSSR count). The first-order chi connectivity index (χ1) is 10.5. The summed E-state index contributed by atoms with van der Waals surface area (Å²) < 4.78 is 0. The maximum atomic E-state index is 10.3. The highest BCUT2D eigenvalue weighted by Gasteiger charge is 2.12. The Kier molecular flexibility index (Phi) is 7.64. The number of rotatable bonds is 8. The molecule has 0 aliphatic heterocycles. The minimum atomic E-state index is -0.612. The first-order valence-corrected chi connectivity index (χ1v) is 7.61. The maximum absolute atomic E-state index is 10.3. The Morgan fingerprint density at radius 2 is 1.91 bits per heavy atom. The van der Waals surface area contributed by atoms with Crippen LogP contribution in [0.1, 0.15) is 38.7 Å². The molecule has 0 saturated carbocycles. The lowest BCUT2D eigenvalue weighted by molar-refractivity contribution is 0.201. The molecule has 1 aromatic carbocycles. The van der Waals surface area contributed by atoms with Crippen LogP contribution in [0.2, 0.25) is 0 Å². The molecule has 1 unspecified atom stereocenters. The number of benzene rings is 1. The molecular formula is C19H26O3. The number of allylic oxidation sites excluding steroid dienone is 1. The average Bonchev–Trinajstić information content (AvgIpc) is 2.50. The van der Waals surface area contributed by atoms with Gasteiger partial charge in [-0.2, -0.15) is 0 Å². The van der Waals surface area contributed by atoms with Gasteiger partial charge in [0.15, 0.2) is 0 Å². The van der Waals surface area contributed by atoms with Crippen LogP contribution in [-0.2, 0) is 0 Å². The van der Waals surface area contributed by atoms with E-state index in [2.05, 4.69) is 19.6 Å². The number of aromatic hydroxyl groups is 1. The SMILES string of the molecule is C=C(C)/C(=C/CO)C(O)CC/C(=C/c1ccc(O)cc1)CC. The zero-order valence-electron chi connectivity index (χ0n) is 13.4. The monoisotopic (exact) mass is 302 g/mol. The molecule has 1 atom stereocenters. The molecule has 0 aliphatic rings. The zero-order valence-corrected chi connectivity index (χ0v) is 13.4. The Morgan fingerprint density at radius 3 is 2.41 bits per heavy atom. The van der Waals surface area contributed by atoms with Gasteiger partial charge in [0.25, 0.3) is 0 Å². The molecule has 0 aromatic heterocycles. The first kappa shape index (κ1) is 18.2. The Bertz CT molecular complexity index is 538. The van der Waals surface area contributed by atoms with Crippen LogP contribution in [0.5, 0.6) is 5.75 Å². The van der Waals surface area contributed by atoms with Crippen LogP contribution < -0.4 is 0 Å². The van der Waals surface area contributed by atoms with E-state index in [1.54, 1.807) is 18.2 Å². The summed E-state index contributed by atoms with van der Waals surface area (Å²) in [6.07, 6.45) is 5.36. The highest BCUT2D eigenvalue weighted by atomic mass is 16.3. The summed E-state index contributed by atoms with van der Waals surface area (Å²) in [4.78, 5) is 0. The predicted molar refractivity (Wildman–Crippen MR) is 91.6 cm³/mol. The van der Waals surface area contributed by atoms with Crippen molar-refractivity contribution < 1.29 is 15.3 Å². The van der Waals surface area contributed by atoms with Gasteiger partial charge in [-0.15, -0.1) is 0 Å². The van der Waals surface area contributed by atoms with Crippen LogP contribution >= 0.6 is 0 Å². The van der Waals surface area contributed by atoms with Crippen molar-refractivity contribution >= 4 is 6.08 Å². The summed E-state index contributed by atoms with van der Waals surface area (Å²) >= 11 is 0. The summed E-state index contributed by atoms with van der Waals surface area (Å²) in [6.45, 7) is 7.66. The van der Waals surface area contributed by atoms with E-state index in [0.717, 1.165) is 24.0 Å². The third-order valence-electron chi connectivity index (χ3n) is 3.62. The lowest BCUT2D eigenvalue weighted by Gasteiger charge is -2.16. The normalized spacial score (nSPS) is 14.0. The van der Waals surface area contributed by atoms with E-state index in [1.165, 1.54) is 5.57 Å². The molecule has 0 heterocycles. The van der Waals surface area contributed by atoms with Gasteiger partial charge in [0.2, 0.25) is 0 Å². The Balaban J connectivity index is 2.72. The zero-order chi connectivity index (χ0) is 16.5. The van der Waals surface area contributed by atoms with Crippen molar-refractivity contribution in [3.05, 3.63) is 59.2 Å². The van der Waals surface area contributed by atoms with Crippen molar-refractivity contribution in [2.24, 2.45) is 0 Å². The van der Waals surface area contributed by atoms with E-state index in [9.17, 15) is 10.2 Å². The van der Waals surface area contributed by atoms with Crippen LogP contribution in [0.25, 0.3) is 6.08 Å². The summed E-state index contributed by atoms with van der Waals surface area (Å²) in [5.74, 6) is 0.255. The minimum Gasteiger partial charge on any atom is -0.508 e. The van der Waals surface area contributed by atoms with Gasteiger partial charge in [-0.05, 0) is 49.5 Å². The summed E-state index contributed by atoms with van der Waals surface area (Å²) in [7, 11) is 0. The second-order valence-electron chi connectivity index (χ2n) is 5.42. The van der Waals surface area contributed by atoms with E-state index in [-0.39, 0.29) is 12.4 Å². The molecule has 120 valence electrons. The number of hydrogen-bond donors (Lipinski definition) is 3. The minimum absolute atomic E-state index is 0.0940. The van der Waals surface area contributed by atoms with Crippen molar-refractivity contribution in [2.75, 3.05) is 6.61 Å². The molecule has 0 aliphatic carbocycles. The number of phenols is 1. The highest BCUT2D eigenvalue weighted by Crippen LogP contribution is 2.22. The molecule has 22 heavy (non-hydrogen) atoms. The molecule has 3 N–H and O–H groups in total. The first-order valence-electron chi connectivity index (χ1n) is 7.61. The number of phenolic OH excluding ortho intramolecular Hbond substituents is 1. The average molecular weight is 302 g/mol. The Hall–Kier alpha value is -1.84. The molecule has 3 heteroatoms. The standard InChI is InChI=1S/C19H26O3/c1-4-15(13-16-5-8-17(21)9-6-16)7-10-19(22)18(11-12-20)14(2)3/h5-6,8-9,11,13,19-22H,2,4,7,10,12H2,1,3H3/b15-13+,18-11-. The molecule has 0 saturated heterocycles. The summed E-state index contributed by atoms with van der Waals surface area (Å²) in [5.41, 5.74) is 3.76. The van der Waals surface area contributed by atoms with Crippen LogP contribution in [0.3, 0.4) is 0 Å². The third-order valence-corrected chi connectivity index (χ3v) is 3.62. The van der Waals surface area contributed by atoms with Gasteiger partial charge in [0, 0.05) is 0 Å². The fraction of sp³-hybridized carbons (Fsp3) is 0.368. The van der Waals surface area contributed by atoms with E-state index in [0.29, 0.717) is 12.0 Å². The molecule has 0 fully saturated rings. The lowest BCUT2D eigenvalue weighted by Crippen LogP contribution is -2.12. The molecule has 0 amide bonds. The van der Waals surface area contributed by atoms with Gasteiger partial charge in [0.1, 0.15) is 5.75 Å². The van der Waals surface area contributed by atoms with E-state index in [4.69, 9.17) is 5.11 Å². The lowest BCUT2D eigenvalue weighted by atomic mass is 9.95. The van der Waals surface area contributed by atoms with Crippen LogP contribution in [-0.4, -0.2) is 28.0 Å². The molecule has 3 nitrogen and oxygen atoms in total. The topological polar surface area (TPSA) is 60.7 Å². The van der Waals surface area contributed by atoms with Crippen molar-refractivity contribution in [3.8, 4) is 5.75 Å². The largest absolute Gasteiger partial charge is 0.508 e. The van der Waals surface area contributed by atoms with Gasteiger partial charge in [-0.1, -0.05) is 48.9 Å². The third kappa shape index (κ3) is 5.88. The van der Waals surface area contributed by atoms with Crippen LogP contribution in [0, 0.1) is 0 Å². The number of aliphatic hydroxyl groups is 2. The van der Waals surface area contributed by atoms with Crippen LogP contribution in [0.4, 0.5) is 0 Å². The smallest absolute Gasteiger partial charge is 0.115 e. The predicted octanol–water partition coefficient (Wildman–Crippen LogP) is 3.82. The molecular weight excluding hydrogens is 276 g/mol. The molecule has 0 radical (unpaired) electrons. The van der Waals surface area contributed by atoms with Gasteiger partial charge in [-0.25, -0.2) is 0 Å². The van der Waals surface area contributed by atoms with Crippen molar-refractivity contribution in [1.29, 1.82) is 0 Å². The quantitative estimate of drug-likeness (QED) is 0.640. The fourth-order valence-corrected chi connectivity index (χ4v) is 2.33. The van der Waals surface area contributed by atoms with Crippen LogP contribution in [0.15, 0.2) is 53.6 Å². The van der Waals surface area contributed by atoms with Gasteiger partial charge in [0.05, 0.1) is 12.7 Å². The number of hydrogen-bond acceptors (Lipinski definition) is 3. The highest BCUT2D eigenvalue weighted by molar-refractivity contribution is 5.53. The van der Waals surface area contributed by atoms with Crippen molar-refractivity contribution in [3.63, 3.8) is 0 Å².